The summed E-state index contributed by atoms with van der Waals surface area (Å²) in [4.78, 5) is 0. The van der Waals surface area contributed by atoms with Gasteiger partial charge in [-0.3, -0.25) is 0 Å². The first-order valence-corrected chi connectivity index (χ1v) is 11.8. The fourth-order valence-electron chi connectivity index (χ4n) is 5.19. The molecule has 0 heterocycles. The highest BCUT2D eigenvalue weighted by molar-refractivity contribution is 5.23. The molecule has 4 heteroatoms. The largest absolute Gasteiger partial charge is 0.378 e. The summed E-state index contributed by atoms with van der Waals surface area (Å²) >= 11 is 0. The first kappa shape index (κ1) is 22.7. The number of unbranched alkanes of at least 4 members (excludes halogenated alkanes) is 3. The Bertz CT molecular complexity index is 593. The van der Waals surface area contributed by atoms with Gasteiger partial charge in [0.15, 0.2) is 17.5 Å². The minimum absolute atomic E-state index is 0.0996. The Hall–Kier alpha value is -1.03. The zero-order valence-electron chi connectivity index (χ0n) is 17.9. The molecule has 2 aliphatic rings. The third-order valence-electron chi connectivity index (χ3n) is 7.15. The fraction of sp³-hybridized carbons (Fsp3) is 0.760. The lowest BCUT2D eigenvalue weighted by atomic mass is 9.80. The van der Waals surface area contributed by atoms with Gasteiger partial charge in [0.05, 0.1) is 6.10 Å². The third-order valence-corrected chi connectivity index (χ3v) is 7.15. The van der Waals surface area contributed by atoms with Crippen LogP contribution in [0.25, 0.3) is 0 Å². The van der Waals surface area contributed by atoms with Gasteiger partial charge in [-0.15, -0.1) is 0 Å². The number of halogens is 3. The van der Waals surface area contributed by atoms with Crippen LogP contribution in [0.15, 0.2) is 12.1 Å². The summed E-state index contributed by atoms with van der Waals surface area (Å²) in [5.74, 6) is -1.82. The van der Waals surface area contributed by atoms with E-state index < -0.39 is 17.5 Å². The molecule has 0 N–H and O–H groups in total. The second-order valence-corrected chi connectivity index (χ2v) is 9.34. The van der Waals surface area contributed by atoms with Gasteiger partial charge in [0.25, 0.3) is 0 Å². The molecule has 1 nitrogen and oxygen atoms in total. The minimum Gasteiger partial charge on any atom is -0.378 e. The maximum atomic E-state index is 13.5. The van der Waals surface area contributed by atoms with E-state index in [2.05, 4.69) is 6.92 Å². The number of rotatable bonds is 9. The van der Waals surface area contributed by atoms with E-state index >= 15 is 0 Å². The Balaban J connectivity index is 1.33. The van der Waals surface area contributed by atoms with Gasteiger partial charge in [0.1, 0.15) is 0 Å². The first-order valence-electron chi connectivity index (χ1n) is 11.8. The van der Waals surface area contributed by atoms with Gasteiger partial charge in [0, 0.05) is 6.61 Å². The lowest BCUT2D eigenvalue weighted by Crippen LogP contribution is -2.25. The van der Waals surface area contributed by atoms with Gasteiger partial charge in [-0.25, -0.2) is 13.2 Å². The highest BCUT2D eigenvalue weighted by Crippen LogP contribution is 2.36. The van der Waals surface area contributed by atoms with Crippen molar-refractivity contribution in [1.29, 1.82) is 0 Å². The summed E-state index contributed by atoms with van der Waals surface area (Å²) in [6.07, 6.45) is 15.9. The second-order valence-electron chi connectivity index (χ2n) is 9.34. The molecule has 0 saturated heterocycles. The molecule has 0 aromatic heterocycles. The van der Waals surface area contributed by atoms with Gasteiger partial charge in [-0.05, 0) is 74.0 Å². The second kappa shape index (κ2) is 11.4. The van der Waals surface area contributed by atoms with Crippen LogP contribution in [0.4, 0.5) is 13.2 Å². The lowest BCUT2D eigenvalue weighted by Gasteiger charge is -2.32. The van der Waals surface area contributed by atoms with Crippen LogP contribution >= 0.6 is 0 Å². The van der Waals surface area contributed by atoms with Crippen molar-refractivity contribution in [2.24, 2.45) is 11.8 Å². The molecule has 0 bridgehead atoms. The van der Waals surface area contributed by atoms with E-state index in [0.717, 1.165) is 50.3 Å². The van der Waals surface area contributed by atoms with Crippen LogP contribution < -0.4 is 0 Å². The van der Waals surface area contributed by atoms with Crippen molar-refractivity contribution in [2.45, 2.75) is 102 Å². The third kappa shape index (κ3) is 6.73. The van der Waals surface area contributed by atoms with E-state index in [4.69, 9.17) is 4.74 Å². The van der Waals surface area contributed by atoms with Gasteiger partial charge in [-0.2, -0.15) is 0 Å². The van der Waals surface area contributed by atoms with Gasteiger partial charge < -0.3 is 4.74 Å². The van der Waals surface area contributed by atoms with Crippen LogP contribution in [0.3, 0.4) is 0 Å². The monoisotopic (exact) mass is 410 g/mol. The standard InChI is InChI=1S/C25H37F3O/c1-2-3-4-5-6-18-7-9-19(10-8-18)17-29-22-13-11-20(12-14-22)21-15-23(26)25(28)24(27)16-21/h15-16,18-20,22H,2-14,17H2,1H3. The summed E-state index contributed by atoms with van der Waals surface area (Å²) in [6, 6.07) is 2.32. The van der Waals surface area contributed by atoms with Crippen LogP contribution in [0.5, 0.6) is 0 Å². The van der Waals surface area contributed by atoms with E-state index in [1.807, 2.05) is 0 Å². The van der Waals surface area contributed by atoms with E-state index in [9.17, 15) is 13.2 Å². The molecular formula is C25H37F3O. The van der Waals surface area contributed by atoms with Gasteiger partial charge in [0.2, 0.25) is 0 Å². The van der Waals surface area contributed by atoms with E-state index in [1.54, 1.807) is 0 Å². The average Bonchev–Trinajstić information content (AvgIpc) is 2.74. The van der Waals surface area contributed by atoms with Crippen molar-refractivity contribution < 1.29 is 17.9 Å². The zero-order chi connectivity index (χ0) is 20.6. The molecule has 0 radical (unpaired) electrons. The molecule has 164 valence electrons. The molecule has 2 saturated carbocycles. The fourth-order valence-corrected chi connectivity index (χ4v) is 5.19. The van der Waals surface area contributed by atoms with Crippen molar-refractivity contribution in [2.75, 3.05) is 6.61 Å². The maximum Gasteiger partial charge on any atom is 0.194 e. The molecule has 0 spiro atoms. The number of hydrogen-bond acceptors (Lipinski definition) is 1. The maximum absolute atomic E-state index is 13.5. The van der Waals surface area contributed by atoms with E-state index in [0.29, 0.717) is 11.5 Å². The Morgan fingerprint density at radius 3 is 2.03 bits per heavy atom. The average molecular weight is 411 g/mol. The molecule has 0 amide bonds. The van der Waals surface area contributed by atoms with Crippen molar-refractivity contribution in [3.63, 3.8) is 0 Å². The molecule has 1 aromatic rings. The normalized spacial score (nSPS) is 27.9. The van der Waals surface area contributed by atoms with Crippen LogP contribution in [0.2, 0.25) is 0 Å². The van der Waals surface area contributed by atoms with Crippen LogP contribution in [0.1, 0.15) is 102 Å². The molecule has 2 aliphatic carbocycles. The van der Waals surface area contributed by atoms with Crippen LogP contribution in [0, 0.1) is 29.3 Å². The lowest BCUT2D eigenvalue weighted by molar-refractivity contribution is -0.00486. The Morgan fingerprint density at radius 1 is 0.793 bits per heavy atom. The van der Waals surface area contributed by atoms with E-state index in [-0.39, 0.29) is 12.0 Å². The van der Waals surface area contributed by atoms with Crippen LogP contribution in [-0.4, -0.2) is 12.7 Å². The first-order chi connectivity index (χ1) is 14.1. The summed E-state index contributed by atoms with van der Waals surface area (Å²) in [7, 11) is 0. The summed E-state index contributed by atoms with van der Waals surface area (Å²) in [5, 5.41) is 0. The Labute approximate surface area is 174 Å². The van der Waals surface area contributed by atoms with E-state index in [1.165, 1.54) is 57.8 Å². The molecular weight excluding hydrogens is 373 g/mol. The topological polar surface area (TPSA) is 9.23 Å². The van der Waals surface area contributed by atoms with Crippen LogP contribution in [-0.2, 0) is 4.74 Å². The Morgan fingerprint density at radius 2 is 1.41 bits per heavy atom. The quantitative estimate of drug-likeness (QED) is 0.297. The predicted octanol–water partition coefficient (Wildman–Crippen LogP) is 7.92. The minimum atomic E-state index is -1.37. The Kier molecular flexibility index (Phi) is 8.89. The number of benzene rings is 1. The smallest absolute Gasteiger partial charge is 0.194 e. The summed E-state index contributed by atoms with van der Waals surface area (Å²) in [6.45, 7) is 3.12. The van der Waals surface area contributed by atoms with Gasteiger partial charge in [-0.1, -0.05) is 51.9 Å². The van der Waals surface area contributed by atoms with Crippen molar-refractivity contribution in [1.82, 2.24) is 0 Å². The van der Waals surface area contributed by atoms with Crippen molar-refractivity contribution >= 4 is 0 Å². The van der Waals surface area contributed by atoms with Crippen molar-refractivity contribution in [3.05, 3.63) is 35.1 Å². The molecule has 29 heavy (non-hydrogen) atoms. The molecule has 1 aromatic carbocycles. The van der Waals surface area contributed by atoms with Gasteiger partial charge >= 0.3 is 0 Å². The molecule has 2 fully saturated rings. The van der Waals surface area contributed by atoms with Crippen molar-refractivity contribution in [3.8, 4) is 0 Å². The predicted molar refractivity (Wildman–Crippen MR) is 111 cm³/mol. The zero-order valence-corrected chi connectivity index (χ0v) is 17.9. The highest BCUT2D eigenvalue weighted by Gasteiger charge is 2.26. The summed E-state index contributed by atoms with van der Waals surface area (Å²) < 4.78 is 46.4. The summed E-state index contributed by atoms with van der Waals surface area (Å²) in [5.41, 5.74) is 0.581. The molecule has 0 unspecified atom stereocenters. The SMILES string of the molecule is CCCCCCC1CCC(COC2CCC(c3cc(F)c(F)c(F)c3)CC2)CC1. The number of ether oxygens (including phenoxy) is 1. The molecule has 0 atom stereocenters. The number of hydrogen-bond donors (Lipinski definition) is 0. The molecule has 0 aliphatic heterocycles. The molecule has 3 rings (SSSR count). The highest BCUT2D eigenvalue weighted by atomic mass is 19.2.